The van der Waals surface area contributed by atoms with Crippen molar-refractivity contribution in [3.05, 3.63) is 44.0 Å². The molecule has 0 unspecified atom stereocenters. The van der Waals surface area contributed by atoms with Gasteiger partial charge in [-0.2, -0.15) is 0 Å². The highest BCUT2D eigenvalue weighted by molar-refractivity contribution is 5.48. The Morgan fingerprint density at radius 2 is 1.74 bits per heavy atom. The summed E-state index contributed by atoms with van der Waals surface area (Å²) in [5.74, 6) is 0.412. The SMILES string of the molecule is O=[N+]([O-])c1ccc([N+](=O)[O-])c(CC2CCCCC2)c1. The summed E-state index contributed by atoms with van der Waals surface area (Å²) >= 11 is 0. The second-order valence-electron chi connectivity index (χ2n) is 5.04. The summed E-state index contributed by atoms with van der Waals surface area (Å²) < 4.78 is 0. The van der Waals surface area contributed by atoms with Gasteiger partial charge >= 0.3 is 0 Å². The van der Waals surface area contributed by atoms with Crippen LogP contribution in [0.1, 0.15) is 37.7 Å². The van der Waals surface area contributed by atoms with Crippen LogP contribution in [-0.4, -0.2) is 9.85 Å². The first-order valence-electron chi connectivity index (χ1n) is 6.49. The summed E-state index contributed by atoms with van der Waals surface area (Å²) in [6.07, 6.45) is 6.19. The lowest BCUT2D eigenvalue weighted by Gasteiger charge is -2.21. The highest BCUT2D eigenvalue weighted by atomic mass is 16.6. The van der Waals surface area contributed by atoms with E-state index in [1.807, 2.05) is 0 Å². The predicted octanol–water partition coefficient (Wildman–Crippen LogP) is 3.63. The fourth-order valence-electron chi connectivity index (χ4n) is 2.73. The molecule has 1 aliphatic carbocycles. The maximum absolute atomic E-state index is 11.0. The summed E-state index contributed by atoms with van der Waals surface area (Å²) in [5, 5.41) is 21.7. The molecule has 0 aliphatic heterocycles. The molecule has 0 N–H and O–H groups in total. The molecule has 102 valence electrons. The quantitative estimate of drug-likeness (QED) is 0.613. The van der Waals surface area contributed by atoms with Gasteiger partial charge in [0, 0.05) is 23.8 Å². The molecule has 1 aromatic rings. The van der Waals surface area contributed by atoms with E-state index in [0.29, 0.717) is 17.9 Å². The van der Waals surface area contributed by atoms with Crippen LogP contribution < -0.4 is 0 Å². The van der Waals surface area contributed by atoms with E-state index in [-0.39, 0.29) is 11.4 Å². The van der Waals surface area contributed by atoms with Gasteiger partial charge in [-0.05, 0) is 12.3 Å². The summed E-state index contributed by atoms with van der Waals surface area (Å²) in [4.78, 5) is 20.8. The lowest BCUT2D eigenvalue weighted by atomic mass is 9.84. The Bertz CT molecular complexity index is 495. The molecule has 2 rings (SSSR count). The normalized spacial score (nSPS) is 16.2. The molecule has 0 spiro atoms. The monoisotopic (exact) mass is 264 g/mol. The molecule has 1 saturated carbocycles. The smallest absolute Gasteiger partial charge is 0.258 e. The van der Waals surface area contributed by atoms with Gasteiger partial charge in [-0.3, -0.25) is 20.2 Å². The summed E-state index contributed by atoms with van der Waals surface area (Å²) in [5.41, 5.74) is 0.415. The van der Waals surface area contributed by atoms with Crippen LogP contribution in [0.5, 0.6) is 0 Å². The Morgan fingerprint density at radius 3 is 2.32 bits per heavy atom. The number of hydrogen-bond acceptors (Lipinski definition) is 4. The van der Waals surface area contributed by atoms with Gasteiger partial charge in [-0.15, -0.1) is 0 Å². The summed E-state index contributed by atoms with van der Waals surface area (Å²) in [7, 11) is 0. The van der Waals surface area contributed by atoms with E-state index < -0.39 is 9.85 Å². The van der Waals surface area contributed by atoms with Crippen molar-refractivity contribution in [2.75, 3.05) is 0 Å². The third-order valence-corrected chi connectivity index (χ3v) is 3.70. The van der Waals surface area contributed by atoms with E-state index in [9.17, 15) is 20.2 Å². The van der Waals surface area contributed by atoms with Crippen molar-refractivity contribution in [1.29, 1.82) is 0 Å². The molecule has 6 nitrogen and oxygen atoms in total. The number of non-ortho nitro benzene ring substituents is 1. The van der Waals surface area contributed by atoms with Gasteiger partial charge < -0.3 is 0 Å². The van der Waals surface area contributed by atoms with Crippen molar-refractivity contribution in [2.24, 2.45) is 5.92 Å². The van der Waals surface area contributed by atoms with Crippen LogP contribution in [0.15, 0.2) is 18.2 Å². The van der Waals surface area contributed by atoms with Gasteiger partial charge in [0.2, 0.25) is 0 Å². The Balaban J connectivity index is 2.26. The van der Waals surface area contributed by atoms with E-state index >= 15 is 0 Å². The lowest BCUT2D eigenvalue weighted by Crippen LogP contribution is -2.10. The van der Waals surface area contributed by atoms with Gasteiger partial charge in [-0.25, -0.2) is 0 Å². The van der Waals surface area contributed by atoms with Crippen molar-refractivity contribution in [3.8, 4) is 0 Å². The average Bonchev–Trinajstić information content (AvgIpc) is 2.39. The number of nitrogens with zero attached hydrogens (tertiary/aromatic N) is 2. The van der Waals surface area contributed by atoms with Crippen LogP contribution in [0.2, 0.25) is 0 Å². The van der Waals surface area contributed by atoms with Crippen LogP contribution in [0, 0.1) is 26.1 Å². The molecule has 6 heteroatoms. The minimum absolute atomic E-state index is 0.00354. The minimum Gasteiger partial charge on any atom is -0.258 e. The van der Waals surface area contributed by atoms with E-state index in [0.717, 1.165) is 25.7 Å². The molecular formula is C13H16N2O4. The van der Waals surface area contributed by atoms with Crippen LogP contribution in [0.4, 0.5) is 11.4 Å². The molecule has 19 heavy (non-hydrogen) atoms. The zero-order valence-electron chi connectivity index (χ0n) is 10.6. The second kappa shape index (κ2) is 5.77. The van der Waals surface area contributed by atoms with Crippen LogP contribution >= 0.6 is 0 Å². The number of benzene rings is 1. The van der Waals surface area contributed by atoms with Crippen molar-refractivity contribution < 1.29 is 9.85 Å². The van der Waals surface area contributed by atoms with E-state index in [4.69, 9.17) is 0 Å². The minimum atomic E-state index is -0.506. The first-order chi connectivity index (χ1) is 9.08. The molecule has 1 aromatic carbocycles. The lowest BCUT2D eigenvalue weighted by molar-refractivity contribution is -0.389. The molecule has 0 atom stereocenters. The van der Waals surface area contributed by atoms with Gasteiger partial charge in [-0.1, -0.05) is 32.1 Å². The van der Waals surface area contributed by atoms with Crippen LogP contribution in [0.25, 0.3) is 0 Å². The fraction of sp³-hybridized carbons (Fsp3) is 0.538. The van der Waals surface area contributed by atoms with E-state index in [1.54, 1.807) is 0 Å². The molecule has 0 aromatic heterocycles. The maximum atomic E-state index is 11.0. The zero-order chi connectivity index (χ0) is 13.8. The van der Waals surface area contributed by atoms with Crippen molar-refractivity contribution in [2.45, 2.75) is 38.5 Å². The number of nitro benzene ring substituents is 2. The summed E-state index contributed by atoms with van der Waals surface area (Å²) in [6, 6.07) is 3.80. The predicted molar refractivity (Wildman–Crippen MR) is 70.0 cm³/mol. The molecule has 1 fully saturated rings. The van der Waals surface area contributed by atoms with Gasteiger partial charge in [0.1, 0.15) is 0 Å². The highest BCUT2D eigenvalue weighted by Gasteiger charge is 2.22. The molecule has 0 bridgehead atoms. The average molecular weight is 264 g/mol. The molecule has 0 heterocycles. The van der Waals surface area contributed by atoms with Gasteiger partial charge in [0.25, 0.3) is 11.4 Å². The molecule has 0 radical (unpaired) electrons. The molecule has 1 aliphatic rings. The molecule has 0 amide bonds. The Kier molecular flexibility index (Phi) is 4.09. The van der Waals surface area contributed by atoms with E-state index in [2.05, 4.69) is 0 Å². The number of nitro groups is 2. The molecular weight excluding hydrogens is 248 g/mol. The second-order valence-corrected chi connectivity index (χ2v) is 5.04. The third kappa shape index (κ3) is 3.27. The summed E-state index contributed by atoms with van der Waals surface area (Å²) in [6.45, 7) is 0. The van der Waals surface area contributed by atoms with Crippen LogP contribution in [0.3, 0.4) is 0 Å². The Morgan fingerprint density at radius 1 is 1.05 bits per heavy atom. The van der Waals surface area contributed by atoms with Crippen molar-refractivity contribution in [1.82, 2.24) is 0 Å². The first-order valence-corrected chi connectivity index (χ1v) is 6.49. The largest absolute Gasteiger partial charge is 0.273 e. The standard InChI is InChI=1S/C13H16N2O4/c16-14(17)12-6-7-13(15(18)19)11(9-12)8-10-4-2-1-3-5-10/h6-7,9-10H,1-5,8H2. The molecule has 0 saturated heterocycles. The van der Waals surface area contributed by atoms with Gasteiger partial charge in [0.15, 0.2) is 0 Å². The maximum Gasteiger partial charge on any atom is 0.273 e. The topological polar surface area (TPSA) is 86.3 Å². The number of hydrogen-bond donors (Lipinski definition) is 0. The van der Waals surface area contributed by atoms with Crippen molar-refractivity contribution >= 4 is 11.4 Å². The van der Waals surface area contributed by atoms with Crippen LogP contribution in [-0.2, 0) is 6.42 Å². The van der Waals surface area contributed by atoms with Gasteiger partial charge in [0.05, 0.1) is 9.85 Å². The fourth-order valence-corrected chi connectivity index (χ4v) is 2.73. The highest BCUT2D eigenvalue weighted by Crippen LogP contribution is 2.31. The first kappa shape index (κ1) is 13.5. The zero-order valence-corrected chi connectivity index (χ0v) is 10.6. The van der Waals surface area contributed by atoms with Crippen molar-refractivity contribution in [3.63, 3.8) is 0 Å². The third-order valence-electron chi connectivity index (χ3n) is 3.70. The number of rotatable bonds is 4. The Labute approximate surface area is 110 Å². The Hall–Kier alpha value is -1.98. The van der Waals surface area contributed by atoms with E-state index in [1.165, 1.54) is 24.6 Å².